The second kappa shape index (κ2) is 8.54. The third-order valence-electron chi connectivity index (χ3n) is 3.93. The molecular weight excluding hydrogens is 280 g/mol. The molecule has 1 N–H and O–H groups in total. The third kappa shape index (κ3) is 5.15. The maximum atomic E-state index is 12.2. The summed E-state index contributed by atoms with van der Waals surface area (Å²) in [5, 5.41) is 3.00. The van der Waals surface area contributed by atoms with Gasteiger partial charge < -0.3 is 10.1 Å². The number of esters is 1. The summed E-state index contributed by atoms with van der Waals surface area (Å²) in [6, 6.07) is 9.90. The van der Waals surface area contributed by atoms with Gasteiger partial charge in [0.25, 0.3) is 0 Å². The van der Waals surface area contributed by atoms with Crippen molar-refractivity contribution in [3.8, 4) is 0 Å². The maximum Gasteiger partial charge on any atom is 0.320 e. The molecule has 22 heavy (non-hydrogen) atoms. The highest BCUT2D eigenvalue weighted by molar-refractivity contribution is 5.78. The Hall–Kier alpha value is -1.88. The van der Waals surface area contributed by atoms with Crippen molar-refractivity contribution in [2.45, 2.75) is 26.3 Å². The molecule has 2 rings (SSSR count). The van der Waals surface area contributed by atoms with Crippen LogP contribution in [-0.4, -0.2) is 43.0 Å². The van der Waals surface area contributed by atoms with E-state index in [2.05, 4.69) is 10.2 Å². The predicted molar refractivity (Wildman–Crippen MR) is 84.1 cm³/mol. The van der Waals surface area contributed by atoms with Gasteiger partial charge in [0.15, 0.2) is 0 Å². The van der Waals surface area contributed by atoms with Gasteiger partial charge in [0, 0.05) is 12.5 Å². The largest absolute Gasteiger partial charge is 0.465 e. The lowest BCUT2D eigenvalue weighted by molar-refractivity contribution is -0.144. The Balaban J connectivity index is 1.69. The first-order chi connectivity index (χ1) is 10.7. The van der Waals surface area contributed by atoms with Gasteiger partial charge in [-0.3, -0.25) is 14.5 Å². The van der Waals surface area contributed by atoms with Gasteiger partial charge >= 0.3 is 5.97 Å². The van der Waals surface area contributed by atoms with Gasteiger partial charge in [0.05, 0.1) is 13.2 Å². The number of amides is 1. The number of hydrogen-bond acceptors (Lipinski definition) is 4. The number of carbonyl (C=O) groups is 2. The normalized spacial score (nSPS) is 16.2. The average Bonchev–Trinajstić information content (AvgIpc) is 2.54. The molecule has 1 saturated heterocycles. The van der Waals surface area contributed by atoms with Crippen LogP contribution in [0.15, 0.2) is 30.3 Å². The molecule has 5 nitrogen and oxygen atoms in total. The van der Waals surface area contributed by atoms with Crippen molar-refractivity contribution in [3.63, 3.8) is 0 Å². The van der Waals surface area contributed by atoms with Crippen LogP contribution in [0.4, 0.5) is 0 Å². The molecule has 1 amide bonds. The molecule has 0 radical (unpaired) electrons. The smallest absolute Gasteiger partial charge is 0.320 e. The van der Waals surface area contributed by atoms with Gasteiger partial charge in [0.1, 0.15) is 0 Å². The predicted octanol–water partition coefficient (Wildman–Crippen LogP) is 1.58. The monoisotopic (exact) mass is 304 g/mol. The average molecular weight is 304 g/mol. The number of rotatable bonds is 6. The lowest BCUT2D eigenvalue weighted by Crippen LogP contribution is -2.42. The zero-order valence-electron chi connectivity index (χ0n) is 13.1. The summed E-state index contributed by atoms with van der Waals surface area (Å²) in [5.74, 6) is -0.0312. The van der Waals surface area contributed by atoms with E-state index in [9.17, 15) is 9.59 Å². The minimum Gasteiger partial charge on any atom is -0.465 e. The minimum atomic E-state index is -0.186. The number of carbonyl (C=O) groups excluding carboxylic acids is 2. The molecular formula is C17H24N2O3. The first-order valence-corrected chi connectivity index (χ1v) is 7.88. The molecule has 1 aliphatic rings. The lowest BCUT2D eigenvalue weighted by atomic mass is 9.96. The van der Waals surface area contributed by atoms with Crippen LogP contribution in [0.25, 0.3) is 0 Å². The number of hydrogen-bond donors (Lipinski definition) is 1. The molecule has 0 unspecified atom stereocenters. The molecule has 5 heteroatoms. The van der Waals surface area contributed by atoms with Crippen molar-refractivity contribution in [1.29, 1.82) is 0 Å². The topological polar surface area (TPSA) is 58.6 Å². The SMILES string of the molecule is CCOC(=O)CN1CCC(C(=O)NCc2ccccc2)CC1. The number of piperidine rings is 1. The fourth-order valence-corrected chi connectivity index (χ4v) is 2.67. The van der Waals surface area contributed by atoms with E-state index in [1.165, 1.54) is 0 Å². The number of likely N-dealkylation sites (tertiary alicyclic amines) is 1. The number of ether oxygens (including phenoxy) is 1. The van der Waals surface area contributed by atoms with Crippen LogP contribution in [-0.2, 0) is 20.9 Å². The van der Waals surface area contributed by atoms with E-state index >= 15 is 0 Å². The Kier molecular flexibility index (Phi) is 6.40. The molecule has 0 atom stereocenters. The molecule has 1 heterocycles. The van der Waals surface area contributed by atoms with Gasteiger partial charge in [-0.25, -0.2) is 0 Å². The number of nitrogens with one attached hydrogen (secondary N) is 1. The van der Waals surface area contributed by atoms with Gasteiger partial charge in [0.2, 0.25) is 5.91 Å². The molecule has 1 aromatic carbocycles. The van der Waals surface area contributed by atoms with Gasteiger partial charge in [-0.05, 0) is 38.4 Å². The molecule has 1 fully saturated rings. The van der Waals surface area contributed by atoms with Crippen LogP contribution in [0.2, 0.25) is 0 Å². The first kappa shape index (κ1) is 16.5. The van der Waals surface area contributed by atoms with Crippen LogP contribution >= 0.6 is 0 Å². The van der Waals surface area contributed by atoms with Crippen LogP contribution < -0.4 is 5.32 Å². The highest BCUT2D eigenvalue weighted by Gasteiger charge is 2.25. The van der Waals surface area contributed by atoms with Gasteiger partial charge in [-0.15, -0.1) is 0 Å². The van der Waals surface area contributed by atoms with Crippen molar-refractivity contribution in [2.75, 3.05) is 26.2 Å². The second-order valence-corrected chi connectivity index (χ2v) is 5.56. The summed E-state index contributed by atoms with van der Waals surface area (Å²) in [7, 11) is 0. The summed E-state index contributed by atoms with van der Waals surface area (Å²) in [4.78, 5) is 25.7. The molecule has 120 valence electrons. The number of benzene rings is 1. The van der Waals surface area contributed by atoms with E-state index in [1.54, 1.807) is 6.92 Å². The van der Waals surface area contributed by atoms with E-state index in [1.807, 2.05) is 30.3 Å². The molecule has 1 aliphatic heterocycles. The first-order valence-electron chi connectivity index (χ1n) is 7.88. The van der Waals surface area contributed by atoms with Crippen molar-refractivity contribution < 1.29 is 14.3 Å². The Labute approximate surface area is 131 Å². The fraction of sp³-hybridized carbons (Fsp3) is 0.529. The highest BCUT2D eigenvalue weighted by atomic mass is 16.5. The fourth-order valence-electron chi connectivity index (χ4n) is 2.67. The van der Waals surface area contributed by atoms with Crippen LogP contribution in [0.3, 0.4) is 0 Å². The zero-order valence-corrected chi connectivity index (χ0v) is 13.1. The van der Waals surface area contributed by atoms with Gasteiger partial charge in [-0.1, -0.05) is 30.3 Å². The minimum absolute atomic E-state index is 0.0437. The van der Waals surface area contributed by atoms with Crippen LogP contribution in [0.1, 0.15) is 25.3 Å². The molecule has 1 aromatic rings. The molecule has 0 aliphatic carbocycles. The van der Waals surface area contributed by atoms with E-state index in [-0.39, 0.29) is 17.8 Å². The second-order valence-electron chi connectivity index (χ2n) is 5.56. The van der Waals surface area contributed by atoms with Crippen molar-refractivity contribution in [3.05, 3.63) is 35.9 Å². The van der Waals surface area contributed by atoms with Crippen LogP contribution in [0, 0.1) is 5.92 Å². The Bertz CT molecular complexity index is 482. The Morgan fingerprint density at radius 2 is 1.91 bits per heavy atom. The van der Waals surface area contributed by atoms with Crippen molar-refractivity contribution >= 4 is 11.9 Å². The third-order valence-corrected chi connectivity index (χ3v) is 3.93. The summed E-state index contributed by atoms with van der Waals surface area (Å²) in [5.41, 5.74) is 1.11. The summed E-state index contributed by atoms with van der Waals surface area (Å²) < 4.78 is 4.95. The molecule has 0 spiro atoms. The van der Waals surface area contributed by atoms with Gasteiger partial charge in [-0.2, -0.15) is 0 Å². The standard InChI is InChI=1S/C17H24N2O3/c1-2-22-16(20)13-19-10-8-15(9-11-19)17(21)18-12-14-6-4-3-5-7-14/h3-7,15H,2,8-13H2,1H3,(H,18,21). The highest BCUT2D eigenvalue weighted by Crippen LogP contribution is 2.17. The Morgan fingerprint density at radius 1 is 1.23 bits per heavy atom. The molecule has 0 bridgehead atoms. The zero-order chi connectivity index (χ0) is 15.8. The number of nitrogens with zero attached hydrogens (tertiary/aromatic N) is 1. The molecule has 0 aromatic heterocycles. The van der Waals surface area contributed by atoms with Crippen molar-refractivity contribution in [2.24, 2.45) is 5.92 Å². The van der Waals surface area contributed by atoms with Crippen molar-refractivity contribution in [1.82, 2.24) is 10.2 Å². The van der Waals surface area contributed by atoms with E-state index in [0.717, 1.165) is 31.5 Å². The summed E-state index contributed by atoms with van der Waals surface area (Å²) >= 11 is 0. The van der Waals surface area contributed by atoms with E-state index in [4.69, 9.17) is 4.74 Å². The van der Waals surface area contributed by atoms with E-state index in [0.29, 0.717) is 19.7 Å². The molecule has 0 saturated carbocycles. The summed E-state index contributed by atoms with van der Waals surface area (Å²) in [6.07, 6.45) is 1.58. The quantitative estimate of drug-likeness (QED) is 0.811. The maximum absolute atomic E-state index is 12.2. The Morgan fingerprint density at radius 3 is 2.55 bits per heavy atom. The lowest BCUT2D eigenvalue weighted by Gasteiger charge is -2.30. The van der Waals surface area contributed by atoms with Crippen LogP contribution in [0.5, 0.6) is 0 Å². The van der Waals surface area contributed by atoms with E-state index < -0.39 is 0 Å². The summed E-state index contributed by atoms with van der Waals surface area (Å²) in [6.45, 7) is 4.65.